The number of aryl methyl sites for hydroxylation is 1. The third kappa shape index (κ3) is 4.88. The van der Waals surface area contributed by atoms with Gasteiger partial charge >= 0.3 is 0 Å². The van der Waals surface area contributed by atoms with E-state index >= 15 is 0 Å². The molecule has 0 unspecified atom stereocenters. The van der Waals surface area contributed by atoms with Crippen LogP contribution in [-0.4, -0.2) is 32.6 Å². The molecule has 0 atom stereocenters. The number of nitrogens with zero attached hydrogens (tertiary/aromatic N) is 1. The number of hydrogen-bond donors (Lipinski definition) is 1. The zero-order chi connectivity index (χ0) is 24.1. The van der Waals surface area contributed by atoms with Crippen molar-refractivity contribution in [3.63, 3.8) is 0 Å². The van der Waals surface area contributed by atoms with Crippen molar-refractivity contribution in [3.05, 3.63) is 83.2 Å². The molecule has 3 aromatic carbocycles. The minimum atomic E-state index is -0.394. The average molecular weight is 463 g/mol. The lowest BCUT2D eigenvalue weighted by atomic mass is 9.98. The van der Waals surface area contributed by atoms with Crippen LogP contribution in [0.5, 0.6) is 11.5 Å². The maximum atomic E-state index is 13.2. The summed E-state index contributed by atoms with van der Waals surface area (Å²) in [6.07, 6.45) is 2.38. The molecule has 2 amide bonds. The zero-order valence-corrected chi connectivity index (χ0v) is 19.3. The highest BCUT2D eigenvalue weighted by atomic mass is 19.1. The first-order valence-electron chi connectivity index (χ1n) is 11.2. The number of amides is 2. The molecule has 7 heteroatoms. The number of carbonyl (C=O) groups excluding carboxylic acids is 2. The van der Waals surface area contributed by atoms with E-state index in [1.54, 1.807) is 19.1 Å². The fraction of sp³-hybridized carbons (Fsp3) is 0.259. The number of rotatable bonds is 7. The van der Waals surface area contributed by atoms with Gasteiger partial charge in [-0.1, -0.05) is 18.2 Å². The number of fused-ring (bicyclic) bond motifs is 1. The SMILES string of the molecule is COc1cccc(CCC(=O)N2CCCc3c(NC(=O)c4ccc(F)cc4)cccc32)c1OC. The van der Waals surface area contributed by atoms with E-state index in [2.05, 4.69) is 5.32 Å². The molecule has 4 rings (SSSR count). The van der Waals surface area contributed by atoms with Gasteiger partial charge in [-0.3, -0.25) is 9.59 Å². The first-order valence-corrected chi connectivity index (χ1v) is 11.2. The van der Waals surface area contributed by atoms with Gasteiger partial charge in [-0.15, -0.1) is 0 Å². The molecule has 0 radical (unpaired) electrons. The van der Waals surface area contributed by atoms with Crippen LogP contribution in [-0.2, 0) is 17.6 Å². The highest BCUT2D eigenvalue weighted by molar-refractivity contribution is 6.05. The first-order chi connectivity index (χ1) is 16.5. The quantitative estimate of drug-likeness (QED) is 0.536. The summed E-state index contributed by atoms with van der Waals surface area (Å²) >= 11 is 0. The lowest BCUT2D eigenvalue weighted by Crippen LogP contribution is -2.36. The van der Waals surface area contributed by atoms with E-state index in [1.807, 2.05) is 36.4 Å². The van der Waals surface area contributed by atoms with Crippen LogP contribution in [0.1, 0.15) is 34.3 Å². The van der Waals surface area contributed by atoms with Gasteiger partial charge in [0.25, 0.3) is 5.91 Å². The summed E-state index contributed by atoms with van der Waals surface area (Å²) in [5.41, 5.74) is 3.68. The van der Waals surface area contributed by atoms with Crippen molar-refractivity contribution in [2.45, 2.75) is 25.7 Å². The summed E-state index contributed by atoms with van der Waals surface area (Å²) in [6.45, 7) is 0.621. The fourth-order valence-corrected chi connectivity index (χ4v) is 4.32. The lowest BCUT2D eigenvalue weighted by molar-refractivity contribution is -0.118. The predicted octanol–water partition coefficient (Wildman–Crippen LogP) is 5.01. The van der Waals surface area contributed by atoms with Gasteiger partial charge < -0.3 is 19.7 Å². The summed E-state index contributed by atoms with van der Waals surface area (Å²) in [7, 11) is 3.18. The minimum absolute atomic E-state index is 0.00725. The predicted molar refractivity (Wildman–Crippen MR) is 129 cm³/mol. The molecule has 0 spiro atoms. The van der Waals surface area contributed by atoms with Gasteiger partial charge in [0.2, 0.25) is 5.91 Å². The monoisotopic (exact) mass is 462 g/mol. The highest BCUT2D eigenvalue weighted by Crippen LogP contribution is 2.35. The molecule has 1 N–H and O–H groups in total. The molecule has 0 fully saturated rings. The van der Waals surface area contributed by atoms with Crippen molar-refractivity contribution in [2.75, 3.05) is 31.0 Å². The maximum absolute atomic E-state index is 13.2. The smallest absolute Gasteiger partial charge is 0.255 e. The van der Waals surface area contributed by atoms with Gasteiger partial charge in [-0.25, -0.2) is 4.39 Å². The number of methoxy groups -OCH3 is 2. The van der Waals surface area contributed by atoms with Crippen molar-refractivity contribution in [2.24, 2.45) is 0 Å². The van der Waals surface area contributed by atoms with Crippen LogP contribution in [0.2, 0.25) is 0 Å². The second-order valence-corrected chi connectivity index (χ2v) is 8.07. The molecule has 1 aliphatic heterocycles. The fourth-order valence-electron chi connectivity index (χ4n) is 4.32. The Labute approximate surface area is 198 Å². The molecule has 0 aliphatic carbocycles. The second kappa shape index (κ2) is 10.4. The molecule has 0 bridgehead atoms. The maximum Gasteiger partial charge on any atom is 0.255 e. The normalized spacial score (nSPS) is 12.6. The van der Waals surface area contributed by atoms with Crippen LogP contribution in [0.4, 0.5) is 15.8 Å². The van der Waals surface area contributed by atoms with Gasteiger partial charge in [0.05, 0.1) is 14.2 Å². The van der Waals surface area contributed by atoms with Gasteiger partial charge in [-0.05, 0) is 72.9 Å². The molecule has 0 aromatic heterocycles. The minimum Gasteiger partial charge on any atom is -0.493 e. The van der Waals surface area contributed by atoms with E-state index in [0.717, 1.165) is 29.7 Å². The molecule has 3 aromatic rings. The van der Waals surface area contributed by atoms with E-state index in [4.69, 9.17) is 9.47 Å². The van der Waals surface area contributed by atoms with E-state index in [0.29, 0.717) is 42.1 Å². The molecular weight excluding hydrogens is 435 g/mol. The van der Waals surface area contributed by atoms with Gasteiger partial charge in [0.15, 0.2) is 11.5 Å². The molecule has 6 nitrogen and oxygen atoms in total. The number of ether oxygens (including phenoxy) is 2. The van der Waals surface area contributed by atoms with Crippen LogP contribution >= 0.6 is 0 Å². The Kier molecular flexibility index (Phi) is 7.11. The molecule has 0 saturated heterocycles. The number of hydrogen-bond acceptors (Lipinski definition) is 4. The molecule has 176 valence electrons. The molecule has 1 aliphatic rings. The number of nitrogens with one attached hydrogen (secondary N) is 1. The summed E-state index contributed by atoms with van der Waals surface area (Å²) < 4.78 is 24.0. The molecule has 34 heavy (non-hydrogen) atoms. The van der Waals surface area contributed by atoms with Crippen LogP contribution in [0, 0.1) is 5.82 Å². The van der Waals surface area contributed by atoms with E-state index in [9.17, 15) is 14.0 Å². The standard InChI is InChI=1S/C27H27FN2O4/c1-33-24-10-3-6-18(26(24)34-2)13-16-25(31)30-17-5-7-21-22(8-4-9-23(21)30)29-27(32)19-11-14-20(28)15-12-19/h3-4,6,8-12,14-15H,5,7,13,16-17H2,1-2H3,(H,29,32). The van der Waals surface area contributed by atoms with Crippen molar-refractivity contribution >= 4 is 23.2 Å². The van der Waals surface area contributed by atoms with E-state index in [-0.39, 0.29) is 11.8 Å². The lowest BCUT2D eigenvalue weighted by Gasteiger charge is -2.31. The van der Waals surface area contributed by atoms with Gasteiger partial charge in [0.1, 0.15) is 5.82 Å². The zero-order valence-electron chi connectivity index (χ0n) is 19.3. The van der Waals surface area contributed by atoms with E-state index in [1.165, 1.54) is 24.3 Å². The number of benzene rings is 3. The van der Waals surface area contributed by atoms with E-state index < -0.39 is 5.82 Å². The molecule has 0 saturated carbocycles. The van der Waals surface area contributed by atoms with Crippen molar-refractivity contribution in [3.8, 4) is 11.5 Å². The van der Waals surface area contributed by atoms with Gasteiger partial charge in [-0.2, -0.15) is 0 Å². The summed E-state index contributed by atoms with van der Waals surface area (Å²) in [5.74, 6) is 0.573. The Bertz CT molecular complexity index is 1190. The Morgan fingerprint density at radius 2 is 1.76 bits per heavy atom. The Morgan fingerprint density at radius 1 is 1.00 bits per heavy atom. The van der Waals surface area contributed by atoms with Crippen LogP contribution in [0.3, 0.4) is 0 Å². The van der Waals surface area contributed by atoms with Crippen molar-refractivity contribution in [1.82, 2.24) is 0 Å². The number of anilines is 2. The summed E-state index contributed by atoms with van der Waals surface area (Å²) in [5, 5.41) is 2.92. The Balaban J connectivity index is 1.51. The number of para-hydroxylation sites is 1. The van der Waals surface area contributed by atoms with Crippen LogP contribution in [0.25, 0.3) is 0 Å². The molecule has 1 heterocycles. The second-order valence-electron chi connectivity index (χ2n) is 8.07. The van der Waals surface area contributed by atoms with Gasteiger partial charge in [0, 0.05) is 29.9 Å². The first kappa shape index (κ1) is 23.3. The largest absolute Gasteiger partial charge is 0.493 e. The molecular formula is C27H27FN2O4. The summed E-state index contributed by atoms with van der Waals surface area (Å²) in [4.78, 5) is 27.7. The topological polar surface area (TPSA) is 67.9 Å². The third-order valence-corrected chi connectivity index (χ3v) is 6.00. The third-order valence-electron chi connectivity index (χ3n) is 6.00. The van der Waals surface area contributed by atoms with Crippen molar-refractivity contribution < 1.29 is 23.5 Å². The number of halogens is 1. The number of carbonyl (C=O) groups is 2. The summed E-state index contributed by atoms with van der Waals surface area (Å²) in [6, 6.07) is 16.6. The Morgan fingerprint density at radius 3 is 2.50 bits per heavy atom. The Hall–Kier alpha value is -3.87. The average Bonchev–Trinajstić information content (AvgIpc) is 2.87. The van der Waals surface area contributed by atoms with Crippen LogP contribution < -0.4 is 19.7 Å². The highest BCUT2D eigenvalue weighted by Gasteiger charge is 2.25. The van der Waals surface area contributed by atoms with Crippen molar-refractivity contribution in [1.29, 1.82) is 0 Å². The van der Waals surface area contributed by atoms with Crippen LogP contribution in [0.15, 0.2) is 60.7 Å².